The van der Waals surface area contributed by atoms with Crippen molar-refractivity contribution in [3.05, 3.63) is 65.5 Å². The molecule has 2 bridgehead atoms. The molecule has 5 rings (SSSR count). The molecule has 3 aliphatic heterocycles. The maximum atomic E-state index is 13.2. The van der Waals surface area contributed by atoms with E-state index < -0.39 is 22.5 Å². The number of amides is 2. The number of nitrogens with zero attached hydrogens (tertiary/aromatic N) is 2. The van der Waals surface area contributed by atoms with Crippen LogP contribution in [0.15, 0.2) is 53.4 Å². The van der Waals surface area contributed by atoms with Crippen molar-refractivity contribution in [2.24, 2.45) is 0 Å². The normalized spacial score (nSPS) is 26.7. The van der Waals surface area contributed by atoms with Crippen molar-refractivity contribution >= 4 is 21.8 Å². The van der Waals surface area contributed by atoms with Crippen molar-refractivity contribution in [1.29, 1.82) is 0 Å². The highest BCUT2D eigenvalue weighted by Gasteiger charge is 2.47. The Morgan fingerprint density at radius 3 is 2.27 bits per heavy atom. The van der Waals surface area contributed by atoms with Gasteiger partial charge < -0.3 is 4.90 Å². The number of halogens is 1. The van der Waals surface area contributed by atoms with E-state index in [-0.39, 0.29) is 40.2 Å². The van der Waals surface area contributed by atoms with Gasteiger partial charge in [-0.3, -0.25) is 9.59 Å². The third kappa shape index (κ3) is 2.93. The third-order valence-electron chi connectivity index (χ3n) is 6.55. The Balaban J connectivity index is 1.34. The van der Waals surface area contributed by atoms with Crippen molar-refractivity contribution in [1.82, 2.24) is 9.21 Å². The molecular weight excluding hydrogens is 407 g/mol. The Morgan fingerprint density at radius 2 is 1.63 bits per heavy atom. The van der Waals surface area contributed by atoms with Crippen molar-refractivity contribution in [3.8, 4) is 0 Å². The number of sulfonamides is 1. The molecule has 2 amide bonds. The van der Waals surface area contributed by atoms with E-state index in [4.69, 9.17) is 0 Å². The van der Waals surface area contributed by atoms with Gasteiger partial charge in [-0.1, -0.05) is 24.3 Å². The van der Waals surface area contributed by atoms with Gasteiger partial charge in [0.25, 0.3) is 15.9 Å². The summed E-state index contributed by atoms with van der Waals surface area (Å²) in [6.07, 6.45) is 3.23. The highest BCUT2D eigenvalue weighted by molar-refractivity contribution is 7.90. The van der Waals surface area contributed by atoms with Crippen LogP contribution in [-0.2, 0) is 14.8 Å². The number of carbonyl (C=O) groups excluding carboxylic acids is 2. The lowest BCUT2D eigenvalue weighted by Crippen LogP contribution is -2.50. The fourth-order valence-corrected chi connectivity index (χ4v) is 6.70. The Morgan fingerprint density at radius 1 is 1.00 bits per heavy atom. The average molecular weight is 428 g/mol. The van der Waals surface area contributed by atoms with Crippen LogP contribution < -0.4 is 0 Å². The Kier molecular flexibility index (Phi) is 4.43. The number of hydrogen-bond acceptors (Lipinski definition) is 4. The van der Waals surface area contributed by atoms with Crippen LogP contribution in [-0.4, -0.2) is 48.1 Å². The van der Waals surface area contributed by atoms with Crippen LogP contribution in [0.25, 0.3) is 0 Å². The predicted octanol–water partition coefficient (Wildman–Crippen LogP) is 2.91. The van der Waals surface area contributed by atoms with Gasteiger partial charge in [0.05, 0.1) is 5.56 Å². The lowest BCUT2D eigenvalue weighted by Gasteiger charge is -2.39. The molecule has 0 N–H and O–H groups in total. The molecule has 0 spiro atoms. The second-order valence-electron chi connectivity index (χ2n) is 8.22. The Labute approximate surface area is 174 Å². The van der Waals surface area contributed by atoms with Gasteiger partial charge in [-0.05, 0) is 61.4 Å². The zero-order chi connectivity index (χ0) is 21.0. The van der Waals surface area contributed by atoms with E-state index in [1.54, 1.807) is 29.2 Å². The van der Waals surface area contributed by atoms with Crippen LogP contribution in [0.4, 0.5) is 4.39 Å². The number of hydrogen-bond donors (Lipinski definition) is 0. The van der Waals surface area contributed by atoms with Crippen LogP contribution in [0.5, 0.6) is 0 Å². The average Bonchev–Trinajstić information content (AvgIpc) is 3.11. The molecule has 0 saturated carbocycles. The smallest absolute Gasteiger partial charge is 0.269 e. The predicted molar refractivity (Wildman–Crippen MR) is 107 cm³/mol. The summed E-state index contributed by atoms with van der Waals surface area (Å²) in [4.78, 5) is 27.5. The Bertz CT molecular complexity index is 1120. The van der Waals surface area contributed by atoms with Crippen molar-refractivity contribution < 1.29 is 22.4 Å². The van der Waals surface area contributed by atoms with Crippen LogP contribution in [0.2, 0.25) is 0 Å². The second kappa shape index (κ2) is 6.91. The number of fused-ring (bicyclic) bond motifs is 3. The number of piperidine rings is 1. The summed E-state index contributed by atoms with van der Waals surface area (Å²) in [5, 5.41) is 0. The molecule has 2 aromatic rings. The summed E-state index contributed by atoms with van der Waals surface area (Å²) in [6, 6.07) is 12.6. The van der Waals surface area contributed by atoms with Gasteiger partial charge in [0.1, 0.15) is 17.3 Å². The molecule has 2 saturated heterocycles. The van der Waals surface area contributed by atoms with Gasteiger partial charge in [0, 0.05) is 12.1 Å². The fourth-order valence-electron chi connectivity index (χ4n) is 5.18. The van der Waals surface area contributed by atoms with E-state index in [2.05, 4.69) is 0 Å². The molecular formula is C22H21FN2O4S. The fraction of sp³-hybridized carbons (Fsp3) is 0.364. The van der Waals surface area contributed by atoms with E-state index in [1.807, 2.05) is 0 Å². The highest BCUT2D eigenvalue weighted by Crippen LogP contribution is 2.43. The van der Waals surface area contributed by atoms with Gasteiger partial charge in [0.15, 0.2) is 0 Å². The second-order valence-corrected chi connectivity index (χ2v) is 10.0. The number of carbonyl (C=O) groups is 2. The highest BCUT2D eigenvalue weighted by atomic mass is 32.2. The molecule has 0 unspecified atom stereocenters. The molecule has 2 fully saturated rings. The van der Waals surface area contributed by atoms with Crippen LogP contribution in [0.1, 0.15) is 47.5 Å². The standard InChI is InChI=1S/C22H21FN2O4S/c23-16-7-5-14(6-8-16)15-11-17-9-10-18(12-15)25(17)21(26)13-24-22(27)19-3-1-2-4-20(19)30(24,28)29/h1-8,15,17-18H,9-13H2/t17-,18-/m0/s1. The summed E-state index contributed by atoms with van der Waals surface area (Å²) < 4.78 is 39.5. The van der Waals surface area contributed by atoms with E-state index in [0.717, 1.165) is 31.2 Å². The first kappa shape index (κ1) is 19.2. The maximum Gasteiger partial charge on any atom is 0.269 e. The molecule has 0 aromatic heterocycles. The van der Waals surface area contributed by atoms with Crippen LogP contribution >= 0.6 is 0 Å². The molecule has 30 heavy (non-hydrogen) atoms. The van der Waals surface area contributed by atoms with Gasteiger partial charge >= 0.3 is 0 Å². The zero-order valence-electron chi connectivity index (χ0n) is 16.2. The minimum absolute atomic E-state index is 0.00841. The largest absolute Gasteiger partial charge is 0.335 e. The lowest BCUT2D eigenvalue weighted by atomic mass is 9.85. The molecule has 3 heterocycles. The van der Waals surface area contributed by atoms with Crippen LogP contribution in [0, 0.1) is 5.82 Å². The SMILES string of the molecule is O=C(CN1C(=O)c2ccccc2S1(=O)=O)N1[C@H]2CC[C@H]1CC(c1ccc(F)cc1)C2. The van der Waals surface area contributed by atoms with E-state index in [9.17, 15) is 22.4 Å². The molecule has 0 radical (unpaired) electrons. The van der Waals surface area contributed by atoms with Crippen LogP contribution in [0.3, 0.4) is 0 Å². The van der Waals surface area contributed by atoms with Crippen molar-refractivity contribution in [2.45, 2.75) is 48.6 Å². The molecule has 2 aromatic carbocycles. The summed E-state index contributed by atoms with van der Waals surface area (Å²) in [5.74, 6) is -1.00. The topological polar surface area (TPSA) is 74.8 Å². The van der Waals surface area contributed by atoms with E-state index >= 15 is 0 Å². The maximum absolute atomic E-state index is 13.2. The van der Waals surface area contributed by atoms with E-state index in [0.29, 0.717) is 4.31 Å². The van der Waals surface area contributed by atoms with E-state index in [1.165, 1.54) is 24.3 Å². The zero-order valence-corrected chi connectivity index (χ0v) is 17.0. The van der Waals surface area contributed by atoms with Crippen molar-refractivity contribution in [2.75, 3.05) is 6.54 Å². The number of rotatable bonds is 3. The third-order valence-corrected chi connectivity index (χ3v) is 8.34. The molecule has 0 aliphatic carbocycles. The quantitative estimate of drug-likeness (QED) is 0.754. The Hall–Kier alpha value is -2.74. The van der Waals surface area contributed by atoms with Gasteiger partial charge in [-0.15, -0.1) is 0 Å². The first-order valence-corrected chi connectivity index (χ1v) is 11.5. The molecule has 156 valence electrons. The summed E-state index contributed by atoms with van der Waals surface area (Å²) in [5.41, 5.74) is 1.18. The lowest BCUT2D eigenvalue weighted by molar-refractivity contribution is -0.135. The minimum atomic E-state index is -4.00. The summed E-state index contributed by atoms with van der Waals surface area (Å²) in [7, 11) is -4.00. The summed E-state index contributed by atoms with van der Waals surface area (Å²) >= 11 is 0. The first-order chi connectivity index (χ1) is 14.4. The molecule has 6 nitrogen and oxygen atoms in total. The molecule has 3 aliphatic rings. The molecule has 8 heteroatoms. The molecule has 2 atom stereocenters. The minimum Gasteiger partial charge on any atom is -0.335 e. The monoisotopic (exact) mass is 428 g/mol. The van der Waals surface area contributed by atoms with Crippen molar-refractivity contribution in [3.63, 3.8) is 0 Å². The van der Waals surface area contributed by atoms with Gasteiger partial charge in [0.2, 0.25) is 5.91 Å². The van der Waals surface area contributed by atoms with Gasteiger partial charge in [-0.25, -0.2) is 17.1 Å². The summed E-state index contributed by atoms with van der Waals surface area (Å²) in [6.45, 7) is -0.468. The number of benzene rings is 2. The first-order valence-electron chi connectivity index (χ1n) is 10.1. The van der Waals surface area contributed by atoms with Gasteiger partial charge in [-0.2, -0.15) is 0 Å².